The summed E-state index contributed by atoms with van der Waals surface area (Å²) < 4.78 is 6.54. The molecule has 0 aliphatic heterocycles. The standard InChI is InChI=1S/C13H22N2O2/c1-4-15(3,5-2)8-9-17-13-7-6-11(14)10-12(13)16/h6-7,10H,4-5,8-9,14H2,1-3H3/p+1. The fraction of sp³-hybridized carbons (Fsp3) is 0.538. The van der Waals surface area contributed by atoms with E-state index in [2.05, 4.69) is 20.9 Å². The van der Waals surface area contributed by atoms with Gasteiger partial charge in [0, 0.05) is 11.8 Å². The SMILES string of the molecule is CC[N+](C)(CC)CCOc1ccc(N)cc1O. The van der Waals surface area contributed by atoms with Crippen molar-refractivity contribution in [2.45, 2.75) is 13.8 Å². The molecule has 4 nitrogen and oxygen atoms in total. The van der Waals surface area contributed by atoms with Gasteiger partial charge in [0.15, 0.2) is 11.5 Å². The molecule has 0 spiro atoms. The van der Waals surface area contributed by atoms with Crippen LogP contribution in [0.25, 0.3) is 0 Å². The van der Waals surface area contributed by atoms with Crippen molar-refractivity contribution < 1.29 is 14.3 Å². The van der Waals surface area contributed by atoms with Gasteiger partial charge in [-0.25, -0.2) is 0 Å². The second kappa shape index (κ2) is 5.77. The van der Waals surface area contributed by atoms with Crippen molar-refractivity contribution in [2.75, 3.05) is 39.0 Å². The van der Waals surface area contributed by atoms with Crippen LogP contribution in [0.2, 0.25) is 0 Å². The second-order valence-corrected chi connectivity index (χ2v) is 4.55. The Morgan fingerprint density at radius 2 is 1.94 bits per heavy atom. The Morgan fingerprint density at radius 3 is 2.47 bits per heavy atom. The number of nitrogen functional groups attached to an aromatic ring is 1. The molecule has 1 aromatic rings. The summed E-state index contributed by atoms with van der Waals surface area (Å²) in [5, 5.41) is 9.63. The summed E-state index contributed by atoms with van der Waals surface area (Å²) in [5.41, 5.74) is 6.09. The van der Waals surface area contributed by atoms with E-state index in [1.54, 1.807) is 12.1 Å². The van der Waals surface area contributed by atoms with Gasteiger partial charge < -0.3 is 20.1 Å². The highest BCUT2D eigenvalue weighted by Crippen LogP contribution is 2.27. The predicted octanol–water partition coefficient (Wildman–Crippen LogP) is 1.84. The van der Waals surface area contributed by atoms with Crippen LogP contribution >= 0.6 is 0 Å². The Bertz CT molecular complexity index is 362. The molecule has 0 heterocycles. The molecule has 0 aliphatic carbocycles. The zero-order valence-corrected chi connectivity index (χ0v) is 10.9. The van der Waals surface area contributed by atoms with Gasteiger partial charge in [-0.1, -0.05) is 0 Å². The number of hydrogen-bond acceptors (Lipinski definition) is 3. The maximum absolute atomic E-state index is 9.63. The molecule has 0 amide bonds. The number of rotatable bonds is 6. The van der Waals surface area contributed by atoms with E-state index in [-0.39, 0.29) is 5.75 Å². The fourth-order valence-electron chi connectivity index (χ4n) is 1.57. The van der Waals surface area contributed by atoms with Crippen LogP contribution in [0.5, 0.6) is 11.5 Å². The molecule has 0 bridgehead atoms. The molecule has 0 aromatic heterocycles. The van der Waals surface area contributed by atoms with Crippen molar-refractivity contribution in [3.8, 4) is 11.5 Å². The van der Waals surface area contributed by atoms with Crippen molar-refractivity contribution in [2.24, 2.45) is 0 Å². The van der Waals surface area contributed by atoms with E-state index >= 15 is 0 Å². The van der Waals surface area contributed by atoms with Crippen LogP contribution in [0.1, 0.15) is 13.8 Å². The van der Waals surface area contributed by atoms with Crippen molar-refractivity contribution in [3.05, 3.63) is 18.2 Å². The lowest BCUT2D eigenvalue weighted by molar-refractivity contribution is -0.906. The highest BCUT2D eigenvalue weighted by Gasteiger charge is 2.16. The first-order chi connectivity index (χ1) is 8.00. The van der Waals surface area contributed by atoms with Crippen molar-refractivity contribution in [3.63, 3.8) is 0 Å². The number of nitrogens with two attached hydrogens (primary N) is 1. The molecule has 1 aromatic carbocycles. The number of aromatic hydroxyl groups is 1. The summed E-state index contributed by atoms with van der Waals surface area (Å²) in [4.78, 5) is 0. The molecule has 0 radical (unpaired) electrons. The molecule has 0 atom stereocenters. The lowest BCUT2D eigenvalue weighted by Crippen LogP contribution is -2.46. The van der Waals surface area contributed by atoms with Gasteiger partial charge in [0.25, 0.3) is 0 Å². The quantitative estimate of drug-likeness (QED) is 0.588. The third-order valence-corrected chi connectivity index (χ3v) is 3.40. The molecule has 4 heteroatoms. The first-order valence-corrected chi connectivity index (χ1v) is 6.05. The number of benzene rings is 1. The Balaban J connectivity index is 2.51. The van der Waals surface area contributed by atoms with Crippen LogP contribution in [0, 0.1) is 0 Å². The zero-order valence-electron chi connectivity index (χ0n) is 10.9. The van der Waals surface area contributed by atoms with Gasteiger partial charge in [0.05, 0.1) is 20.1 Å². The van der Waals surface area contributed by atoms with Crippen LogP contribution in [-0.2, 0) is 0 Å². The molecule has 0 fully saturated rings. The van der Waals surface area contributed by atoms with Gasteiger partial charge in [-0.2, -0.15) is 0 Å². The first kappa shape index (κ1) is 13.6. The third kappa shape index (κ3) is 3.82. The molecule has 0 aliphatic rings. The molecular formula is C13H23N2O2+. The Hall–Kier alpha value is -1.42. The van der Waals surface area contributed by atoms with Crippen LogP contribution in [-0.4, -0.2) is 42.9 Å². The Morgan fingerprint density at radius 1 is 1.29 bits per heavy atom. The van der Waals surface area contributed by atoms with Crippen LogP contribution in [0.4, 0.5) is 5.69 Å². The summed E-state index contributed by atoms with van der Waals surface area (Å²) in [7, 11) is 2.20. The highest BCUT2D eigenvalue weighted by molar-refractivity contribution is 5.51. The highest BCUT2D eigenvalue weighted by atomic mass is 16.5. The number of hydrogen-bond donors (Lipinski definition) is 2. The molecule has 96 valence electrons. The van der Waals surface area contributed by atoms with Crippen LogP contribution < -0.4 is 10.5 Å². The smallest absolute Gasteiger partial charge is 0.161 e. The molecule has 0 saturated heterocycles. The minimum Gasteiger partial charge on any atom is -0.504 e. The maximum atomic E-state index is 9.63. The summed E-state index contributed by atoms with van der Waals surface area (Å²) >= 11 is 0. The fourth-order valence-corrected chi connectivity index (χ4v) is 1.57. The number of ether oxygens (including phenoxy) is 1. The summed E-state index contributed by atoms with van der Waals surface area (Å²) in [6.07, 6.45) is 0. The molecule has 0 saturated carbocycles. The van der Waals surface area contributed by atoms with E-state index in [0.29, 0.717) is 18.0 Å². The van der Waals surface area contributed by atoms with E-state index in [1.807, 2.05) is 0 Å². The monoisotopic (exact) mass is 239 g/mol. The lowest BCUT2D eigenvalue weighted by Gasteiger charge is -2.31. The molecular weight excluding hydrogens is 216 g/mol. The number of quaternary nitrogens is 1. The van der Waals surface area contributed by atoms with Crippen molar-refractivity contribution in [1.82, 2.24) is 0 Å². The second-order valence-electron chi connectivity index (χ2n) is 4.55. The summed E-state index contributed by atoms with van der Waals surface area (Å²) in [6.45, 7) is 8.02. The largest absolute Gasteiger partial charge is 0.504 e. The number of nitrogens with zero attached hydrogens (tertiary/aromatic N) is 1. The van der Waals surface area contributed by atoms with E-state index in [9.17, 15) is 5.11 Å². The van der Waals surface area contributed by atoms with E-state index in [1.165, 1.54) is 6.07 Å². The molecule has 0 unspecified atom stereocenters. The van der Waals surface area contributed by atoms with Gasteiger partial charge >= 0.3 is 0 Å². The predicted molar refractivity (Wildman–Crippen MR) is 70.1 cm³/mol. The first-order valence-electron chi connectivity index (χ1n) is 6.05. The third-order valence-electron chi connectivity index (χ3n) is 3.40. The van der Waals surface area contributed by atoms with Gasteiger partial charge in [-0.3, -0.25) is 0 Å². The van der Waals surface area contributed by atoms with Crippen molar-refractivity contribution in [1.29, 1.82) is 0 Å². The van der Waals surface area contributed by atoms with Gasteiger partial charge in [0.1, 0.15) is 13.2 Å². The minimum atomic E-state index is 0.104. The summed E-state index contributed by atoms with van der Waals surface area (Å²) in [6, 6.07) is 4.93. The van der Waals surface area contributed by atoms with Gasteiger partial charge in [-0.15, -0.1) is 0 Å². The number of likely N-dealkylation sites (N-methyl/N-ethyl adjacent to an activating group) is 1. The molecule has 1 rings (SSSR count). The van der Waals surface area contributed by atoms with Gasteiger partial charge in [-0.05, 0) is 26.0 Å². The Kier molecular flexibility index (Phi) is 4.63. The van der Waals surface area contributed by atoms with Gasteiger partial charge in [0.2, 0.25) is 0 Å². The normalized spacial score (nSPS) is 11.5. The topological polar surface area (TPSA) is 55.5 Å². The van der Waals surface area contributed by atoms with E-state index in [4.69, 9.17) is 10.5 Å². The molecule has 17 heavy (non-hydrogen) atoms. The van der Waals surface area contributed by atoms with E-state index in [0.717, 1.165) is 24.1 Å². The average molecular weight is 239 g/mol. The molecule has 3 N–H and O–H groups in total. The zero-order chi connectivity index (χ0) is 12.9. The van der Waals surface area contributed by atoms with Crippen LogP contribution in [0.15, 0.2) is 18.2 Å². The number of anilines is 1. The number of phenols is 1. The summed E-state index contributed by atoms with van der Waals surface area (Å²) in [5.74, 6) is 0.602. The van der Waals surface area contributed by atoms with Crippen LogP contribution in [0.3, 0.4) is 0 Å². The number of phenolic OH excluding ortho intramolecular Hbond substituents is 1. The minimum absolute atomic E-state index is 0.104. The maximum Gasteiger partial charge on any atom is 0.161 e. The lowest BCUT2D eigenvalue weighted by atomic mass is 10.3. The van der Waals surface area contributed by atoms with E-state index < -0.39 is 0 Å². The average Bonchev–Trinajstić information content (AvgIpc) is 2.32. The van der Waals surface area contributed by atoms with Crippen molar-refractivity contribution >= 4 is 5.69 Å². The Labute approximate surface area is 103 Å².